The first-order valence-corrected chi connectivity index (χ1v) is 5.51. The zero-order valence-electron chi connectivity index (χ0n) is 9.39. The molecular formula is C11H15ClN2O3. The van der Waals surface area contributed by atoms with Crippen molar-refractivity contribution >= 4 is 17.6 Å². The van der Waals surface area contributed by atoms with Crippen molar-refractivity contribution in [2.45, 2.75) is 19.0 Å². The van der Waals surface area contributed by atoms with E-state index < -0.39 is 18.1 Å². The monoisotopic (exact) mass is 258 g/mol. The first kappa shape index (κ1) is 13.8. The van der Waals surface area contributed by atoms with Crippen LogP contribution >= 0.6 is 11.6 Å². The lowest BCUT2D eigenvalue weighted by molar-refractivity contribution is -0.139. The summed E-state index contributed by atoms with van der Waals surface area (Å²) in [6.07, 6.45) is 0. The van der Waals surface area contributed by atoms with Crippen molar-refractivity contribution in [3.05, 3.63) is 28.8 Å². The lowest BCUT2D eigenvalue weighted by Crippen LogP contribution is -2.40. The first-order chi connectivity index (χ1) is 7.97. The molecule has 2 unspecified atom stereocenters. The van der Waals surface area contributed by atoms with E-state index in [9.17, 15) is 4.79 Å². The Morgan fingerprint density at radius 1 is 1.53 bits per heavy atom. The van der Waals surface area contributed by atoms with Gasteiger partial charge in [0.25, 0.3) is 0 Å². The molecule has 1 rings (SSSR count). The fraction of sp³-hybridized carbons (Fsp3) is 0.364. The predicted molar refractivity (Wildman–Crippen MR) is 65.2 cm³/mol. The molecule has 0 aliphatic carbocycles. The summed E-state index contributed by atoms with van der Waals surface area (Å²) >= 11 is 5.97. The quantitative estimate of drug-likeness (QED) is 0.736. The number of halogens is 1. The zero-order chi connectivity index (χ0) is 13.0. The Labute approximate surface area is 104 Å². The molecule has 5 N–H and O–H groups in total. The van der Waals surface area contributed by atoms with Gasteiger partial charge >= 0.3 is 5.97 Å². The van der Waals surface area contributed by atoms with Crippen molar-refractivity contribution in [3.63, 3.8) is 0 Å². The topological polar surface area (TPSA) is 98.6 Å². The summed E-state index contributed by atoms with van der Waals surface area (Å²) in [5, 5.41) is 9.15. The molecule has 0 fully saturated rings. The molecule has 0 radical (unpaired) electrons. The van der Waals surface area contributed by atoms with Crippen LogP contribution in [-0.4, -0.2) is 23.7 Å². The standard InChI is InChI=1S/C11H15ClN2O3/c1-2-17-8-4-3-6(5-7(8)12)9(13)10(14)11(15)16/h3-5,9-10H,2,13-14H2,1H3,(H,15,16). The summed E-state index contributed by atoms with van der Waals surface area (Å²) < 4.78 is 5.26. The largest absolute Gasteiger partial charge is 0.492 e. The summed E-state index contributed by atoms with van der Waals surface area (Å²) in [6, 6.07) is 2.91. The highest BCUT2D eigenvalue weighted by molar-refractivity contribution is 6.32. The number of rotatable bonds is 5. The summed E-state index contributed by atoms with van der Waals surface area (Å²) in [5.41, 5.74) is 11.7. The van der Waals surface area contributed by atoms with Crippen LogP contribution in [0.15, 0.2) is 18.2 Å². The molecule has 17 heavy (non-hydrogen) atoms. The van der Waals surface area contributed by atoms with Crippen LogP contribution in [0.5, 0.6) is 5.75 Å². The number of carbonyl (C=O) groups is 1. The second-order valence-electron chi connectivity index (χ2n) is 3.51. The van der Waals surface area contributed by atoms with Gasteiger partial charge in [-0.25, -0.2) is 0 Å². The van der Waals surface area contributed by atoms with Gasteiger partial charge in [-0.05, 0) is 24.6 Å². The second-order valence-corrected chi connectivity index (χ2v) is 3.92. The first-order valence-electron chi connectivity index (χ1n) is 5.13. The summed E-state index contributed by atoms with van der Waals surface area (Å²) in [6.45, 7) is 2.34. The van der Waals surface area contributed by atoms with Crippen LogP contribution in [0.3, 0.4) is 0 Å². The van der Waals surface area contributed by atoms with Crippen molar-refractivity contribution in [2.75, 3.05) is 6.61 Å². The molecule has 0 saturated carbocycles. The molecule has 0 heterocycles. The molecule has 5 nitrogen and oxygen atoms in total. The minimum Gasteiger partial charge on any atom is -0.492 e. The highest BCUT2D eigenvalue weighted by atomic mass is 35.5. The number of ether oxygens (including phenoxy) is 1. The molecular weight excluding hydrogens is 244 g/mol. The lowest BCUT2D eigenvalue weighted by atomic mass is 10.0. The van der Waals surface area contributed by atoms with Crippen LogP contribution in [0, 0.1) is 0 Å². The van der Waals surface area contributed by atoms with Crippen LogP contribution in [0.2, 0.25) is 5.02 Å². The van der Waals surface area contributed by atoms with E-state index in [1.807, 2.05) is 6.92 Å². The summed E-state index contributed by atoms with van der Waals surface area (Å²) in [5.74, 6) is -0.614. The molecule has 2 atom stereocenters. The molecule has 0 aromatic heterocycles. The summed E-state index contributed by atoms with van der Waals surface area (Å²) in [7, 11) is 0. The Bertz CT molecular complexity index is 412. The number of hydrogen-bond donors (Lipinski definition) is 3. The van der Waals surface area contributed by atoms with E-state index in [1.165, 1.54) is 0 Å². The summed E-state index contributed by atoms with van der Waals surface area (Å²) in [4.78, 5) is 10.7. The molecule has 0 saturated heterocycles. The Kier molecular flexibility index (Phi) is 4.74. The molecule has 6 heteroatoms. The molecule has 1 aromatic carbocycles. The van der Waals surface area contributed by atoms with Gasteiger partial charge in [0.05, 0.1) is 17.7 Å². The predicted octanol–water partition coefficient (Wildman–Crippen LogP) is 1.15. The van der Waals surface area contributed by atoms with Gasteiger partial charge in [-0.15, -0.1) is 0 Å². The van der Waals surface area contributed by atoms with E-state index in [2.05, 4.69) is 0 Å². The Morgan fingerprint density at radius 2 is 2.18 bits per heavy atom. The van der Waals surface area contributed by atoms with E-state index in [1.54, 1.807) is 18.2 Å². The van der Waals surface area contributed by atoms with Gasteiger partial charge in [-0.2, -0.15) is 0 Å². The number of hydrogen-bond acceptors (Lipinski definition) is 4. The molecule has 0 bridgehead atoms. The molecule has 0 spiro atoms. The maximum atomic E-state index is 10.7. The zero-order valence-corrected chi connectivity index (χ0v) is 10.1. The van der Waals surface area contributed by atoms with E-state index in [-0.39, 0.29) is 0 Å². The van der Waals surface area contributed by atoms with Crippen LogP contribution in [-0.2, 0) is 4.79 Å². The molecule has 1 aromatic rings. The van der Waals surface area contributed by atoms with Gasteiger partial charge < -0.3 is 21.3 Å². The van der Waals surface area contributed by atoms with Gasteiger partial charge in [0.2, 0.25) is 0 Å². The van der Waals surface area contributed by atoms with Crippen LogP contribution < -0.4 is 16.2 Å². The third-order valence-corrected chi connectivity index (χ3v) is 2.61. The minimum absolute atomic E-state index is 0.386. The number of nitrogens with two attached hydrogens (primary N) is 2. The van der Waals surface area contributed by atoms with Gasteiger partial charge in [0, 0.05) is 0 Å². The van der Waals surface area contributed by atoms with Crippen molar-refractivity contribution in [3.8, 4) is 5.75 Å². The van der Waals surface area contributed by atoms with E-state index in [4.69, 9.17) is 32.9 Å². The van der Waals surface area contributed by atoms with Crippen molar-refractivity contribution in [1.29, 1.82) is 0 Å². The maximum absolute atomic E-state index is 10.7. The fourth-order valence-corrected chi connectivity index (χ4v) is 1.60. The third-order valence-electron chi connectivity index (χ3n) is 2.31. The van der Waals surface area contributed by atoms with Crippen LogP contribution in [0.1, 0.15) is 18.5 Å². The van der Waals surface area contributed by atoms with Gasteiger partial charge in [-0.1, -0.05) is 17.7 Å². The molecule has 0 aliphatic rings. The highest BCUT2D eigenvalue weighted by Crippen LogP contribution is 2.28. The second kappa shape index (κ2) is 5.86. The van der Waals surface area contributed by atoms with E-state index in [0.717, 1.165) is 0 Å². The SMILES string of the molecule is CCOc1ccc(C(N)C(N)C(=O)O)cc1Cl. The number of carboxylic acid groups (broad SMARTS) is 1. The maximum Gasteiger partial charge on any atom is 0.322 e. The normalized spacial score (nSPS) is 14.1. The van der Waals surface area contributed by atoms with E-state index in [0.29, 0.717) is 22.9 Å². The Hall–Kier alpha value is -1.30. The van der Waals surface area contributed by atoms with Crippen LogP contribution in [0.25, 0.3) is 0 Å². The smallest absolute Gasteiger partial charge is 0.322 e. The lowest BCUT2D eigenvalue weighted by Gasteiger charge is -2.17. The Morgan fingerprint density at radius 3 is 2.65 bits per heavy atom. The van der Waals surface area contributed by atoms with E-state index >= 15 is 0 Å². The number of benzene rings is 1. The molecule has 0 aliphatic heterocycles. The Balaban J connectivity index is 2.93. The van der Waals surface area contributed by atoms with Crippen LogP contribution in [0.4, 0.5) is 0 Å². The third kappa shape index (κ3) is 3.33. The number of carboxylic acids is 1. The van der Waals surface area contributed by atoms with Crippen molar-refractivity contribution < 1.29 is 14.6 Å². The fourth-order valence-electron chi connectivity index (χ4n) is 1.36. The van der Waals surface area contributed by atoms with Gasteiger partial charge in [-0.3, -0.25) is 4.79 Å². The average molecular weight is 259 g/mol. The van der Waals surface area contributed by atoms with Crippen molar-refractivity contribution in [1.82, 2.24) is 0 Å². The molecule has 94 valence electrons. The average Bonchev–Trinajstić information content (AvgIpc) is 2.30. The minimum atomic E-state index is -1.16. The van der Waals surface area contributed by atoms with Gasteiger partial charge in [0.15, 0.2) is 0 Å². The highest BCUT2D eigenvalue weighted by Gasteiger charge is 2.22. The van der Waals surface area contributed by atoms with Gasteiger partial charge in [0.1, 0.15) is 11.8 Å². The molecule has 0 amide bonds. The van der Waals surface area contributed by atoms with Crippen molar-refractivity contribution in [2.24, 2.45) is 11.5 Å². The number of aliphatic carboxylic acids is 1.